The number of hydrogen-bond acceptors (Lipinski definition) is 4. The van der Waals surface area contributed by atoms with Gasteiger partial charge in [-0.1, -0.05) is 45.2 Å². The van der Waals surface area contributed by atoms with Crippen LogP contribution in [-0.2, 0) is 0 Å². The number of hydrogen-bond donors (Lipinski definition) is 0. The Labute approximate surface area is 202 Å². The van der Waals surface area contributed by atoms with Crippen LogP contribution in [0, 0.1) is 5.92 Å². The Balaban J connectivity index is 0.00000241. The summed E-state index contributed by atoms with van der Waals surface area (Å²) in [5.74, 6) is 2.56. The van der Waals surface area contributed by atoms with Crippen molar-refractivity contribution >= 4 is 16.8 Å². The molecule has 2 aliphatic heterocycles. The molecule has 2 fully saturated rings. The molecule has 34 heavy (non-hydrogen) atoms. The van der Waals surface area contributed by atoms with Gasteiger partial charge >= 0.3 is 0 Å². The number of carbonyl (C=O) groups is 1. The van der Waals surface area contributed by atoms with Crippen molar-refractivity contribution < 1.29 is 14.3 Å². The molecular formula is C29H34N2O3. The maximum atomic E-state index is 13.7. The van der Waals surface area contributed by atoms with E-state index >= 15 is 0 Å². The van der Waals surface area contributed by atoms with Gasteiger partial charge in [-0.05, 0) is 73.1 Å². The SMILES string of the molecule is C.O=C(c1ccnc2ccc(-c3ccc4c(c3)OCO4)cc12)N1CCC[C@H]1CCC1CCCC1. The van der Waals surface area contributed by atoms with Gasteiger partial charge in [0.2, 0.25) is 6.79 Å². The molecule has 0 bridgehead atoms. The predicted molar refractivity (Wildman–Crippen MR) is 135 cm³/mol. The van der Waals surface area contributed by atoms with Crippen LogP contribution in [0.3, 0.4) is 0 Å². The lowest BCUT2D eigenvalue weighted by molar-refractivity contribution is 0.0727. The molecule has 6 rings (SSSR count). The Morgan fingerprint density at radius 1 is 0.912 bits per heavy atom. The lowest BCUT2D eigenvalue weighted by Gasteiger charge is -2.26. The molecule has 0 radical (unpaired) electrons. The zero-order valence-electron chi connectivity index (χ0n) is 19.0. The molecule has 0 unspecified atom stereocenters. The highest BCUT2D eigenvalue weighted by atomic mass is 16.7. The van der Waals surface area contributed by atoms with Gasteiger partial charge < -0.3 is 14.4 Å². The van der Waals surface area contributed by atoms with Gasteiger partial charge in [-0.3, -0.25) is 9.78 Å². The van der Waals surface area contributed by atoms with E-state index in [1.807, 2.05) is 30.3 Å². The first-order chi connectivity index (χ1) is 16.3. The van der Waals surface area contributed by atoms with Gasteiger partial charge in [0.1, 0.15) is 0 Å². The second kappa shape index (κ2) is 9.65. The molecule has 5 nitrogen and oxygen atoms in total. The number of rotatable bonds is 5. The topological polar surface area (TPSA) is 51.7 Å². The number of amides is 1. The zero-order valence-corrected chi connectivity index (χ0v) is 19.0. The minimum atomic E-state index is 0. The van der Waals surface area contributed by atoms with E-state index in [1.165, 1.54) is 32.1 Å². The molecule has 1 aromatic heterocycles. The molecule has 3 aliphatic rings. The summed E-state index contributed by atoms with van der Waals surface area (Å²) in [5.41, 5.74) is 3.70. The molecule has 5 heteroatoms. The van der Waals surface area contributed by atoms with Crippen LogP contribution in [0.1, 0.15) is 69.2 Å². The first-order valence-corrected chi connectivity index (χ1v) is 12.4. The van der Waals surface area contributed by atoms with Crippen molar-refractivity contribution in [3.8, 4) is 22.6 Å². The third-order valence-corrected chi connectivity index (χ3v) is 7.70. The van der Waals surface area contributed by atoms with E-state index in [4.69, 9.17) is 9.47 Å². The van der Waals surface area contributed by atoms with Crippen LogP contribution in [0.15, 0.2) is 48.7 Å². The Morgan fingerprint density at radius 3 is 2.59 bits per heavy atom. The first-order valence-electron chi connectivity index (χ1n) is 12.4. The van der Waals surface area contributed by atoms with Gasteiger partial charge in [0.15, 0.2) is 11.5 Å². The summed E-state index contributed by atoms with van der Waals surface area (Å²) in [6, 6.07) is 14.4. The van der Waals surface area contributed by atoms with E-state index in [2.05, 4.69) is 22.0 Å². The molecule has 1 saturated heterocycles. The fraction of sp³-hybridized carbons (Fsp3) is 0.448. The molecule has 0 spiro atoms. The minimum Gasteiger partial charge on any atom is -0.454 e. The third-order valence-electron chi connectivity index (χ3n) is 7.70. The molecule has 3 aromatic rings. The molecular weight excluding hydrogens is 424 g/mol. The molecule has 1 saturated carbocycles. The number of carbonyl (C=O) groups excluding carboxylic acids is 1. The fourth-order valence-corrected chi connectivity index (χ4v) is 5.87. The summed E-state index contributed by atoms with van der Waals surface area (Å²) in [6.45, 7) is 1.12. The molecule has 1 atom stereocenters. The first kappa shape index (κ1) is 22.7. The van der Waals surface area contributed by atoms with E-state index in [1.54, 1.807) is 6.20 Å². The largest absolute Gasteiger partial charge is 0.454 e. The summed E-state index contributed by atoms with van der Waals surface area (Å²) < 4.78 is 11.0. The maximum absolute atomic E-state index is 13.7. The highest BCUT2D eigenvalue weighted by Crippen LogP contribution is 2.37. The number of fused-ring (bicyclic) bond motifs is 2. The Bertz CT molecular complexity index is 1190. The minimum absolute atomic E-state index is 0. The van der Waals surface area contributed by atoms with Crippen molar-refractivity contribution in [1.29, 1.82) is 0 Å². The van der Waals surface area contributed by atoms with Crippen molar-refractivity contribution in [2.45, 2.75) is 64.8 Å². The van der Waals surface area contributed by atoms with E-state index in [9.17, 15) is 4.79 Å². The fourth-order valence-electron chi connectivity index (χ4n) is 5.87. The third kappa shape index (κ3) is 4.24. The molecule has 1 aliphatic carbocycles. The van der Waals surface area contributed by atoms with Crippen molar-refractivity contribution in [1.82, 2.24) is 9.88 Å². The maximum Gasteiger partial charge on any atom is 0.254 e. The van der Waals surface area contributed by atoms with E-state index in [-0.39, 0.29) is 20.1 Å². The Hall–Kier alpha value is -3.08. The molecule has 178 valence electrons. The van der Waals surface area contributed by atoms with E-state index in [0.717, 1.165) is 70.8 Å². The van der Waals surface area contributed by atoms with E-state index < -0.39 is 0 Å². The molecule has 2 aromatic carbocycles. The Kier molecular flexibility index (Phi) is 6.44. The number of pyridine rings is 1. The lowest BCUT2D eigenvalue weighted by Crippen LogP contribution is -2.35. The smallest absolute Gasteiger partial charge is 0.254 e. The van der Waals surface area contributed by atoms with Crippen LogP contribution in [0.5, 0.6) is 11.5 Å². The molecule has 1 amide bonds. The number of benzene rings is 2. The van der Waals surface area contributed by atoms with Crippen molar-refractivity contribution in [3.05, 3.63) is 54.2 Å². The van der Waals surface area contributed by atoms with Crippen LogP contribution in [-0.4, -0.2) is 35.2 Å². The summed E-state index contributed by atoms with van der Waals surface area (Å²) in [4.78, 5) is 20.4. The molecule has 0 N–H and O–H groups in total. The second-order valence-corrected chi connectivity index (χ2v) is 9.68. The molecule has 3 heterocycles. The second-order valence-electron chi connectivity index (χ2n) is 9.68. The Morgan fingerprint density at radius 2 is 1.71 bits per heavy atom. The monoisotopic (exact) mass is 458 g/mol. The van der Waals surface area contributed by atoms with Crippen LogP contribution < -0.4 is 9.47 Å². The number of likely N-dealkylation sites (tertiary alicyclic amines) is 1. The number of aromatic nitrogens is 1. The highest BCUT2D eigenvalue weighted by molar-refractivity contribution is 6.07. The van der Waals surface area contributed by atoms with E-state index in [0.29, 0.717) is 6.04 Å². The van der Waals surface area contributed by atoms with Gasteiger partial charge in [0.25, 0.3) is 5.91 Å². The van der Waals surface area contributed by atoms with Crippen LogP contribution >= 0.6 is 0 Å². The van der Waals surface area contributed by atoms with Crippen molar-refractivity contribution in [2.24, 2.45) is 5.92 Å². The van der Waals surface area contributed by atoms with Crippen molar-refractivity contribution in [2.75, 3.05) is 13.3 Å². The standard InChI is InChI=1S/C28H30N2O3.CH4/c31-28(30-15-3-6-22(30)10-7-19-4-1-2-5-19)23-13-14-29-25-11-8-20(16-24(23)25)21-9-12-26-27(17-21)33-18-32-26;/h8-9,11-14,16-17,19,22H,1-7,10,15,18H2;1H4/t22-;/m0./s1. The summed E-state index contributed by atoms with van der Waals surface area (Å²) in [6.07, 6.45) is 11.9. The van der Waals surface area contributed by atoms with Crippen LogP contribution in [0.2, 0.25) is 0 Å². The van der Waals surface area contributed by atoms with Crippen molar-refractivity contribution in [3.63, 3.8) is 0 Å². The number of ether oxygens (including phenoxy) is 2. The zero-order chi connectivity index (χ0) is 22.2. The van der Waals surface area contributed by atoms with Crippen LogP contribution in [0.25, 0.3) is 22.0 Å². The average molecular weight is 459 g/mol. The number of nitrogens with zero attached hydrogens (tertiary/aromatic N) is 2. The van der Waals surface area contributed by atoms with Gasteiger partial charge in [0, 0.05) is 24.2 Å². The van der Waals surface area contributed by atoms with Gasteiger partial charge in [-0.15, -0.1) is 0 Å². The highest BCUT2D eigenvalue weighted by Gasteiger charge is 2.31. The summed E-state index contributed by atoms with van der Waals surface area (Å²) in [5, 5.41) is 0.916. The predicted octanol–water partition coefficient (Wildman–Crippen LogP) is 6.84. The lowest BCUT2D eigenvalue weighted by atomic mass is 9.97. The van der Waals surface area contributed by atoms with Gasteiger partial charge in [-0.25, -0.2) is 0 Å². The summed E-state index contributed by atoms with van der Waals surface area (Å²) in [7, 11) is 0. The van der Waals surface area contributed by atoms with Gasteiger partial charge in [-0.2, -0.15) is 0 Å². The normalized spacial score (nSPS) is 19.5. The quantitative estimate of drug-likeness (QED) is 0.420. The van der Waals surface area contributed by atoms with Gasteiger partial charge in [0.05, 0.1) is 11.1 Å². The summed E-state index contributed by atoms with van der Waals surface area (Å²) >= 11 is 0. The average Bonchev–Trinajstić information content (AvgIpc) is 3.62. The van der Waals surface area contributed by atoms with Crippen LogP contribution in [0.4, 0.5) is 0 Å².